The van der Waals surface area contributed by atoms with Gasteiger partial charge < -0.3 is 0 Å². The molecule has 4 saturated heterocycles. The predicted molar refractivity (Wildman–Crippen MR) is 198 cm³/mol. The molecule has 4 fully saturated rings. The third-order valence-corrected chi connectivity index (χ3v) is 11.6. The van der Waals surface area contributed by atoms with E-state index in [1.54, 1.807) is 60.8 Å². The summed E-state index contributed by atoms with van der Waals surface area (Å²) in [6.45, 7) is 3.62. The van der Waals surface area contributed by atoms with Crippen molar-refractivity contribution in [2.75, 3.05) is 98.4 Å². The van der Waals surface area contributed by atoms with E-state index < -0.39 is 0 Å². The zero-order valence-electron chi connectivity index (χ0n) is 24.3. The van der Waals surface area contributed by atoms with E-state index in [4.69, 9.17) is 0 Å². The first-order chi connectivity index (χ1) is 21.3. The SMILES string of the molecule is O=C1N(CCS)C2C(N1CCS)N(CCSSCCN1C(=O)N(CCS)C3C1N(CCS)C(=O)N3CCS)C(=O)N2CCS. The van der Waals surface area contributed by atoms with Crippen molar-refractivity contribution in [2.45, 2.75) is 24.7 Å². The lowest BCUT2D eigenvalue weighted by Crippen LogP contribution is -2.48. The van der Waals surface area contributed by atoms with Crippen LogP contribution in [0.5, 0.6) is 0 Å². The van der Waals surface area contributed by atoms with Gasteiger partial charge in [0.05, 0.1) is 0 Å². The molecular weight excluding hydrogens is 721 g/mol. The van der Waals surface area contributed by atoms with Gasteiger partial charge >= 0.3 is 24.1 Å². The minimum absolute atomic E-state index is 0.0978. The van der Waals surface area contributed by atoms with E-state index >= 15 is 0 Å². The van der Waals surface area contributed by atoms with Crippen LogP contribution >= 0.6 is 97.4 Å². The minimum Gasteiger partial charge on any atom is -0.299 e. The highest BCUT2D eigenvalue weighted by Gasteiger charge is 2.59. The summed E-state index contributed by atoms with van der Waals surface area (Å²) in [7, 11) is 3.25. The topological polar surface area (TPSA) is 94.2 Å². The van der Waals surface area contributed by atoms with Crippen molar-refractivity contribution in [1.82, 2.24) is 39.2 Å². The van der Waals surface area contributed by atoms with Gasteiger partial charge in [-0.05, 0) is 0 Å². The highest BCUT2D eigenvalue weighted by Crippen LogP contribution is 2.37. The summed E-state index contributed by atoms with van der Waals surface area (Å²) in [5.74, 6) is 4.28. The van der Waals surface area contributed by atoms with Gasteiger partial charge in [-0.25, -0.2) is 19.2 Å². The molecule has 0 bridgehead atoms. The van der Waals surface area contributed by atoms with Crippen LogP contribution in [0.15, 0.2) is 0 Å². The molecule has 4 rings (SSSR count). The van der Waals surface area contributed by atoms with Gasteiger partial charge in [-0.1, -0.05) is 21.6 Å². The third kappa shape index (κ3) is 7.16. The number of rotatable bonds is 19. The molecule has 4 aliphatic rings. The summed E-state index contributed by atoms with van der Waals surface area (Å²) in [6.07, 6.45) is -1.53. The zero-order valence-corrected chi connectivity index (χ0v) is 31.3. The van der Waals surface area contributed by atoms with Crippen molar-refractivity contribution >= 4 is 121 Å². The Morgan fingerprint density at radius 2 is 0.545 bits per heavy atom. The number of carbonyl (C=O) groups excluding carboxylic acids is 4. The fraction of sp³-hybridized carbons (Fsp3) is 0.833. The maximum Gasteiger partial charge on any atom is 0.323 e. The molecule has 20 heteroatoms. The van der Waals surface area contributed by atoms with Gasteiger partial charge in [-0.3, -0.25) is 39.2 Å². The summed E-state index contributed by atoms with van der Waals surface area (Å²) in [5, 5.41) is 0. The standard InChI is InChI=1S/C24H42N8O4S8/c33-21-25(1-9-37)17-19(29(21)5-13-41)31(23(35)27(17)3-11-39)7-15-43-44-16-8-32-20-18(28(4-12-40)24(32)36)26(2-10-38)22(34)30(20)6-14-42/h17-20,37-42H,1-16H2. The first-order valence-electron chi connectivity index (χ1n) is 14.5. The monoisotopic (exact) mass is 762 g/mol. The van der Waals surface area contributed by atoms with Crippen LogP contribution in [0.25, 0.3) is 0 Å². The number of fused-ring (bicyclic) bond motifs is 2. The molecule has 0 aromatic rings. The fourth-order valence-electron chi connectivity index (χ4n) is 6.38. The van der Waals surface area contributed by atoms with Gasteiger partial charge in [-0.15, -0.1) is 0 Å². The van der Waals surface area contributed by atoms with Gasteiger partial charge in [0.2, 0.25) is 0 Å². The third-order valence-electron chi connectivity index (χ3n) is 8.01. The zero-order chi connectivity index (χ0) is 32.0. The Labute approximate surface area is 300 Å². The van der Waals surface area contributed by atoms with Crippen LogP contribution in [-0.4, -0.2) is 186 Å². The van der Waals surface area contributed by atoms with E-state index in [9.17, 15) is 19.2 Å². The Balaban J connectivity index is 1.37. The van der Waals surface area contributed by atoms with Crippen LogP contribution in [0.4, 0.5) is 19.2 Å². The maximum atomic E-state index is 13.5. The summed E-state index contributed by atoms with van der Waals surface area (Å²) in [4.78, 5) is 67.6. The number of amides is 8. The van der Waals surface area contributed by atoms with E-state index in [0.717, 1.165) is 0 Å². The molecule has 0 N–H and O–H groups in total. The lowest BCUT2D eigenvalue weighted by molar-refractivity contribution is 0.136. The molecule has 0 aromatic heterocycles. The van der Waals surface area contributed by atoms with Crippen LogP contribution in [0.1, 0.15) is 0 Å². The number of hydrogen-bond donors (Lipinski definition) is 6. The second-order valence-electron chi connectivity index (χ2n) is 10.3. The summed E-state index contributed by atoms with van der Waals surface area (Å²) in [6, 6.07) is -0.394. The van der Waals surface area contributed by atoms with Crippen molar-refractivity contribution in [3.8, 4) is 0 Å². The van der Waals surface area contributed by atoms with E-state index in [0.29, 0.717) is 98.4 Å². The lowest BCUT2D eigenvalue weighted by atomic mass is 10.3. The molecule has 12 nitrogen and oxygen atoms in total. The van der Waals surface area contributed by atoms with E-state index in [-0.39, 0.29) is 48.8 Å². The molecule has 0 spiro atoms. The highest BCUT2D eigenvalue weighted by atomic mass is 33.1. The fourth-order valence-corrected chi connectivity index (χ4v) is 9.61. The molecule has 4 unspecified atom stereocenters. The Morgan fingerprint density at radius 1 is 0.364 bits per heavy atom. The second-order valence-corrected chi connectivity index (χ2v) is 15.7. The van der Waals surface area contributed by atoms with Crippen molar-refractivity contribution in [1.29, 1.82) is 0 Å². The molecule has 250 valence electrons. The number of urea groups is 4. The lowest BCUT2D eigenvalue weighted by Gasteiger charge is -2.29. The summed E-state index contributed by atoms with van der Waals surface area (Å²) in [5.41, 5.74) is 0. The van der Waals surface area contributed by atoms with E-state index in [1.165, 1.54) is 0 Å². The smallest absolute Gasteiger partial charge is 0.299 e. The minimum atomic E-state index is -0.387. The normalized spacial score (nSPS) is 25.1. The Morgan fingerprint density at radius 3 is 0.727 bits per heavy atom. The van der Waals surface area contributed by atoms with Crippen molar-refractivity contribution in [3.63, 3.8) is 0 Å². The Kier molecular flexibility index (Phi) is 14.5. The van der Waals surface area contributed by atoms with Crippen molar-refractivity contribution in [3.05, 3.63) is 0 Å². The second kappa shape index (κ2) is 17.3. The molecule has 4 aliphatic heterocycles. The van der Waals surface area contributed by atoms with E-state index in [2.05, 4.69) is 75.8 Å². The molecular formula is C24H42N8O4S8. The first kappa shape index (κ1) is 36.7. The Bertz CT molecular complexity index is 953. The molecule has 4 heterocycles. The Hall–Kier alpha value is -0.120. The molecule has 44 heavy (non-hydrogen) atoms. The first-order valence-corrected chi connectivity index (χ1v) is 20.8. The molecule has 0 aromatic carbocycles. The molecule has 8 amide bonds. The van der Waals surface area contributed by atoms with Crippen LogP contribution in [-0.2, 0) is 0 Å². The average molecular weight is 763 g/mol. The molecule has 0 radical (unpaired) electrons. The van der Waals surface area contributed by atoms with Gasteiger partial charge in [0.25, 0.3) is 0 Å². The molecule has 0 aliphatic carbocycles. The van der Waals surface area contributed by atoms with Crippen molar-refractivity contribution in [2.24, 2.45) is 0 Å². The van der Waals surface area contributed by atoms with Gasteiger partial charge in [0.1, 0.15) is 24.7 Å². The number of hydrogen-bond acceptors (Lipinski definition) is 12. The molecule has 4 atom stereocenters. The number of carbonyl (C=O) groups is 4. The summed E-state index contributed by atoms with van der Waals surface area (Å²) < 4.78 is 0. The number of thiol groups is 6. The molecule has 0 saturated carbocycles. The number of nitrogens with zero attached hydrogens (tertiary/aromatic N) is 8. The van der Waals surface area contributed by atoms with Crippen LogP contribution in [0.3, 0.4) is 0 Å². The van der Waals surface area contributed by atoms with Crippen LogP contribution in [0.2, 0.25) is 0 Å². The summed E-state index contributed by atoms with van der Waals surface area (Å²) >= 11 is 26.1. The van der Waals surface area contributed by atoms with Crippen LogP contribution in [0, 0.1) is 0 Å². The van der Waals surface area contributed by atoms with Crippen LogP contribution < -0.4 is 0 Å². The predicted octanol–water partition coefficient (Wildman–Crippen LogP) is 2.20. The highest BCUT2D eigenvalue weighted by molar-refractivity contribution is 8.76. The van der Waals surface area contributed by atoms with Crippen molar-refractivity contribution < 1.29 is 19.2 Å². The van der Waals surface area contributed by atoms with Gasteiger partial charge in [0.15, 0.2) is 0 Å². The maximum absolute atomic E-state index is 13.5. The van der Waals surface area contributed by atoms with Gasteiger partial charge in [0, 0.05) is 98.4 Å². The van der Waals surface area contributed by atoms with Gasteiger partial charge in [-0.2, -0.15) is 75.8 Å². The van der Waals surface area contributed by atoms with E-state index in [1.807, 2.05) is 0 Å². The quantitative estimate of drug-likeness (QED) is 0.0688. The average Bonchev–Trinajstić information content (AvgIpc) is 3.62. The largest absolute Gasteiger partial charge is 0.323 e.